The van der Waals surface area contributed by atoms with Gasteiger partial charge in [0.05, 0.1) is 6.61 Å². The number of nitrogens with one attached hydrogen (secondary N) is 1. The molecule has 0 aliphatic carbocycles. The summed E-state index contributed by atoms with van der Waals surface area (Å²) in [5.74, 6) is 0. The predicted molar refractivity (Wildman–Crippen MR) is 79.1 cm³/mol. The van der Waals surface area contributed by atoms with Crippen LogP contribution in [0.1, 0.15) is 31.9 Å². The van der Waals surface area contributed by atoms with E-state index in [0.717, 1.165) is 26.2 Å². The van der Waals surface area contributed by atoms with Crippen molar-refractivity contribution in [2.24, 2.45) is 0 Å². The molecule has 3 heteroatoms. The normalized spacial score (nSPS) is 17.5. The average Bonchev–Trinajstić information content (AvgIpc) is 2.76. The SMILES string of the molecule is COCC(CNC(C)(C)C)N1Cc2ccccc2C1. The predicted octanol–water partition coefficient (Wildman–Crippen LogP) is 2.41. The second-order valence-electron chi connectivity index (χ2n) is 6.41. The molecule has 0 spiro atoms. The molecule has 1 N–H and O–H groups in total. The van der Waals surface area contributed by atoms with Crippen LogP contribution in [-0.2, 0) is 17.8 Å². The Morgan fingerprint density at radius 3 is 2.26 bits per heavy atom. The molecule has 2 rings (SSSR count). The van der Waals surface area contributed by atoms with Gasteiger partial charge in [0.25, 0.3) is 0 Å². The Hall–Kier alpha value is -0.900. The number of nitrogens with zero attached hydrogens (tertiary/aromatic N) is 1. The molecule has 0 saturated heterocycles. The summed E-state index contributed by atoms with van der Waals surface area (Å²) < 4.78 is 5.40. The lowest BCUT2D eigenvalue weighted by Crippen LogP contribution is -2.48. The van der Waals surface area contributed by atoms with Crippen molar-refractivity contribution in [1.82, 2.24) is 10.2 Å². The quantitative estimate of drug-likeness (QED) is 0.882. The fourth-order valence-electron chi connectivity index (χ4n) is 2.53. The van der Waals surface area contributed by atoms with E-state index in [-0.39, 0.29) is 5.54 Å². The van der Waals surface area contributed by atoms with Crippen molar-refractivity contribution < 1.29 is 4.74 Å². The molecule has 19 heavy (non-hydrogen) atoms. The van der Waals surface area contributed by atoms with Crippen LogP contribution < -0.4 is 5.32 Å². The lowest BCUT2D eigenvalue weighted by Gasteiger charge is -2.31. The maximum Gasteiger partial charge on any atom is 0.0630 e. The molecule has 0 amide bonds. The Morgan fingerprint density at radius 2 is 1.79 bits per heavy atom. The molecule has 1 aromatic carbocycles. The minimum Gasteiger partial charge on any atom is -0.383 e. The second kappa shape index (κ2) is 6.04. The molecular formula is C16H26N2O. The van der Waals surface area contributed by atoms with Gasteiger partial charge < -0.3 is 10.1 Å². The van der Waals surface area contributed by atoms with Crippen LogP contribution >= 0.6 is 0 Å². The zero-order chi connectivity index (χ0) is 13.9. The van der Waals surface area contributed by atoms with Crippen molar-refractivity contribution >= 4 is 0 Å². The third-order valence-electron chi connectivity index (χ3n) is 3.61. The average molecular weight is 262 g/mol. The molecule has 0 radical (unpaired) electrons. The molecule has 1 aromatic rings. The van der Waals surface area contributed by atoms with E-state index in [1.165, 1.54) is 11.1 Å². The maximum atomic E-state index is 5.40. The van der Waals surface area contributed by atoms with Gasteiger partial charge in [0.2, 0.25) is 0 Å². The molecule has 1 atom stereocenters. The highest BCUT2D eigenvalue weighted by molar-refractivity contribution is 5.30. The van der Waals surface area contributed by atoms with Crippen molar-refractivity contribution in [3.8, 4) is 0 Å². The third kappa shape index (κ3) is 4.03. The first-order valence-electron chi connectivity index (χ1n) is 7.04. The highest BCUT2D eigenvalue weighted by Crippen LogP contribution is 2.24. The molecule has 0 bridgehead atoms. The number of hydrogen-bond donors (Lipinski definition) is 1. The number of hydrogen-bond acceptors (Lipinski definition) is 3. The van der Waals surface area contributed by atoms with Gasteiger partial charge in [-0.25, -0.2) is 0 Å². The smallest absolute Gasteiger partial charge is 0.0630 e. The monoisotopic (exact) mass is 262 g/mol. The molecule has 3 nitrogen and oxygen atoms in total. The van der Waals surface area contributed by atoms with Crippen LogP contribution in [-0.4, -0.2) is 36.7 Å². The van der Waals surface area contributed by atoms with Crippen LogP contribution in [0.15, 0.2) is 24.3 Å². The lowest BCUT2D eigenvalue weighted by molar-refractivity contribution is 0.0837. The molecule has 1 aliphatic rings. The van der Waals surface area contributed by atoms with Gasteiger partial charge in [-0.05, 0) is 31.9 Å². The molecule has 1 heterocycles. The summed E-state index contributed by atoms with van der Waals surface area (Å²) in [6.45, 7) is 10.4. The van der Waals surface area contributed by atoms with Gasteiger partial charge >= 0.3 is 0 Å². The van der Waals surface area contributed by atoms with Crippen LogP contribution in [0.4, 0.5) is 0 Å². The zero-order valence-corrected chi connectivity index (χ0v) is 12.6. The number of benzene rings is 1. The Bertz CT molecular complexity index is 386. The van der Waals surface area contributed by atoms with Crippen molar-refractivity contribution in [3.05, 3.63) is 35.4 Å². The van der Waals surface area contributed by atoms with Gasteiger partial charge in [0.1, 0.15) is 0 Å². The Morgan fingerprint density at radius 1 is 1.21 bits per heavy atom. The first-order valence-corrected chi connectivity index (χ1v) is 7.04. The fraction of sp³-hybridized carbons (Fsp3) is 0.625. The standard InChI is InChI=1S/C16H26N2O/c1-16(2,3)17-9-15(12-19-4)18-10-13-7-5-6-8-14(13)11-18/h5-8,15,17H,9-12H2,1-4H3. The van der Waals surface area contributed by atoms with Gasteiger partial charge in [0, 0.05) is 38.3 Å². The summed E-state index contributed by atoms with van der Waals surface area (Å²) in [6.07, 6.45) is 0. The van der Waals surface area contributed by atoms with Crippen LogP contribution in [0.5, 0.6) is 0 Å². The summed E-state index contributed by atoms with van der Waals surface area (Å²) in [5.41, 5.74) is 3.07. The lowest BCUT2D eigenvalue weighted by atomic mass is 10.1. The van der Waals surface area contributed by atoms with Crippen molar-refractivity contribution in [3.63, 3.8) is 0 Å². The van der Waals surface area contributed by atoms with Gasteiger partial charge in [-0.2, -0.15) is 0 Å². The minimum absolute atomic E-state index is 0.151. The van der Waals surface area contributed by atoms with Gasteiger partial charge in [0.15, 0.2) is 0 Å². The van der Waals surface area contributed by atoms with Crippen LogP contribution in [0, 0.1) is 0 Å². The largest absolute Gasteiger partial charge is 0.383 e. The van der Waals surface area contributed by atoms with E-state index in [4.69, 9.17) is 4.74 Å². The van der Waals surface area contributed by atoms with E-state index in [9.17, 15) is 0 Å². The van der Waals surface area contributed by atoms with Crippen LogP contribution in [0.3, 0.4) is 0 Å². The molecule has 106 valence electrons. The molecule has 0 fully saturated rings. The Kier molecular flexibility index (Phi) is 4.61. The number of methoxy groups -OCH3 is 1. The second-order valence-corrected chi connectivity index (χ2v) is 6.41. The summed E-state index contributed by atoms with van der Waals surface area (Å²) >= 11 is 0. The molecule has 0 saturated carbocycles. The summed E-state index contributed by atoms with van der Waals surface area (Å²) in [5, 5.41) is 3.59. The summed E-state index contributed by atoms with van der Waals surface area (Å²) in [6, 6.07) is 9.14. The third-order valence-corrected chi connectivity index (χ3v) is 3.61. The van der Waals surface area contributed by atoms with Crippen LogP contribution in [0.25, 0.3) is 0 Å². The summed E-state index contributed by atoms with van der Waals surface area (Å²) in [7, 11) is 1.79. The van der Waals surface area contributed by atoms with E-state index in [1.807, 2.05) is 0 Å². The number of fused-ring (bicyclic) bond motifs is 1. The molecule has 1 aliphatic heterocycles. The van der Waals surface area contributed by atoms with E-state index in [0.29, 0.717) is 6.04 Å². The van der Waals surface area contributed by atoms with Crippen molar-refractivity contribution in [2.45, 2.75) is 45.4 Å². The number of rotatable bonds is 5. The first kappa shape index (κ1) is 14.5. The summed E-state index contributed by atoms with van der Waals surface area (Å²) in [4.78, 5) is 2.51. The first-order chi connectivity index (χ1) is 8.99. The van der Waals surface area contributed by atoms with Crippen molar-refractivity contribution in [1.29, 1.82) is 0 Å². The zero-order valence-electron chi connectivity index (χ0n) is 12.6. The highest BCUT2D eigenvalue weighted by atomic mass is 16.5. The van der Waals surface area contributed by atoms with Crippen molar-refractivity contribution in [2.75, 3.05) is 20.3 Å². The topological polar surface area (TPSA) is 24.5 Å². The number of ether oxygens (including phenoxy) is 1. The minimum atomic E-state index is 0.151. The van der Waals surface area contributed by atoms with Crippen LogP contribution in [0.2, 0.25) is 0 Å². The molecular weight excluding hydrogens is 236 g/mol. The van der Waals surface area contributed by atoms with E-state index in [1.54, 1.807) is 7.11 Å². The fourth-order valence-corrected chi connectivity index (χ4v) is 2.53. The molecule has 0 aromatic heterocycles. The van der Waals surface area contributed by atoms with E-state index >= 15 is 0 Å². The maximum absolute atomic E-state index is 5.40. The van der Waals surface area contributed by atoms with Gasteiger partial charge in [-0.3, -0.25) is 4.90 Å². The Balaban J connectivity index is 1.98. The Labute approximate surface area is 116 Å². The van der Waals surface area contributed by atoms with E-state index in [2.05, 4.69) is 55.3 Å². The van der Waals surface area contributed by atoms with E-state index < -0.39 is 0 Å². The van der Waals surface area contributed by atoms with Gasteiger partial charge in [-0.15, -0.1) is 0 Å². The molecule has 1 unspecified atom stereocenters. The highest BCUT2D eigenvalue weighted by Gasteiger charge is 2.26. The van der Waals surface area contributed by atoms with Gasteiger partial charge in [-0.1, -0.05) is 24.3 Å².